The molecule has 0 aliphatic carbocycles. The molecule has 0 aromatic heterocycles. The summed E-state index contributed by atoms with van der Waals surface area (Å²) in [4.78, 5) is 19.5. The second-order valence-electron chi connectivity index (χ2n) is 5.56. The molecule has 2 aliphatic heterocycles. The molecule has 0 radical (unpaired) electrons. The van der Waals surface area contributed by atoms with E-state index in [1.807, 2.05) is 0 Å². The zero-order valence-corrected chi connectivity index (χ0v) is 12.8. The number of oxime groups is 1. The Balaban J connectivity index is 1.44. The number of benzene rings is 1. The molecule has 1 saturated heterocycles. The fourth-order valence-electron chi connectivity index (χ4n) is 2.65. The fourth-order valence-corrected chi connectivity index (χ4v) is 2.65. The molecule has 6 nitrogen and oxygen atoms in total. The Morgan fingerprint density at radius 1 is 1.35 bits per heavy atom. The number of ether oxygens (including phenoxy) is 1. The molecule has 2 heterocycles. The Bertz CT molecular complexity index is 588. The lowest BCUT2D eigenvalue weighted by Crippen LogP contribution is -2.43. The smallest absolute Gasteiger partial charge is 0.264 e. The van der Waals surface area contributed by atoms with E-state index in [1.54, 1.807) is 18.2 Å². The summed E-state index contributed by atoms with van der Waals surface area (Å²) in [5.74, 6) is -0.573. The predicted molar refractivity (Wildman–Crippen MR) is 82.7 cm³/mol. The first kappa shape index (κ1) is 15.9. The average molecular weight is 321 g/mol. The summed E-state index contributed by atoms with van der Waals surface area (Å²) in [5.41, 5.74) is 0.854. The van der Waals surface area contributed by atoms with Crippen LogP contribution in [-0.2, 0) is 14.4 Å². The van der Waals surface area contributed by atoms with Crippen molar-refractivity contribution >= 4 is 11.6 Å². The number of carbonyl (C=O) groups excluding carboxylic acids is 1. The third-order valence-electron chi connectivity index (χ3n) is 3.98. The van der Waals surface area contributed by atoms with Crippen molar-refractivity contribution in [3.05, 3.63) is 35.6 Å². The second kappa shape index (κ2) is 7.52. The maximum absolute atomic E-state index is 13.7. The predicted octanol–water partition coefficient (Wildman–Crippen LogP) is 0.767. The van der Waals surface area contributed by atoms with Crippen molar-refractivity contribution in [2.45, 2.75) is 12.5 Å². The first-order valence-electron chi connectivity index (χ1n) is 7.79. The molecule has 0 spiro atoms. The molecule has 0 bridgehead atoms. The van der Waals surface area contributed by atoms with Crippen molar-refractivity contribution in [2.24, 2.45) is 5.16 Å². The highest BCUT2D eigenvalue weighted by molar-refractivity contribution is 6.04. The molecule has 1 aromatic rings. The minimum absolute atomic E-state index is 0.214. The maximum atomic E-state index is 13.7. The highest BCUT2D eigenvalue weighted by Gasteiger charge is 2.29. The van der Waals surface area contributed by atoms with Gasteiger partial charge in [0.2, 0.25) is 6.10 Å². The van der Waals surface area contributed by atoms with Crippen LogP contribution in [0.4, 0.5) is 4.39 Å². The Morgan fingerprint density at radius 2 is 2.13 bits per heavy atom. The Hall–Kier alpha value is -1.99. The zero-order chi connectivity index (χ0) is 16.1. The molecular weight excluding hydrogens is 301 g/mol. The molecule has 1 aromatic carbocycles. The quantitative estimate of drug-likeness (QED) is 0.870. The summed E-state index contributed by atoms with van der Waals surface area (Å²) in [6.45, 7) is 4.57. The highest BCUT2D eigenvalue weighted by Crippen LogP contribution is 2.18. The third-order valence-corrected chi connectivity index (χ3v) is 3.98. The monoisotopic (exact) mass is 321 g/mol. The van der Waals surface area contributed by atoms with Gasteiger partial charge in [-0.3, -0.25) is 9.69 Å². The number of halogens is 1. The lowest BCUT2D eigenvalue weighted by atomic mass is 10.0. The minimum atomic E-state index is -0.686. The maximum Gasteiger partial charge on any atom is 0.264 e. The normalized spacial score (nSPS) is 21.6. The van der Waals surface area contributed by atoms with Crippen molar-refractivity contribution in [1.29, 1.82) is 0 Å². The van der Waals surface area contributed by atoms with Gasteiger partial charge in [-0.15, -0.1) is 0 Å². The lowest BCUT2D eigenvalue weighted by molar-refractivity contribution is -0.131. The van der Waals surface area contributed by atoms with Crippen LogP contribution in [0.5, 0.6) is 0 Å². The van der Waals surface area contributed by atoms with Gasteiger partial charge in [-0.25, -0.2) is 4.39 Å². The van der Waals surface area contributed by atoms with E-state index in [9.17, 15) is 9.18 Å². The number of amides is 1. The van der Waals surface area contributed by atoms with E-state index >= 15 is 0 Å². The molecule has 1 amide bonds. The molecule has 7 heteroatoms. The standard InChI is InChI=1S/C16H20FN3O3/c17-13-4-2-1-3-12(13)14-11-15(23-19-14)16(21)18-5-6-20-7-9-22-10-8-20/h1-4,15H,5-11H2,(H,18,21)/t15-/m0/s1. The molecular formula is C16H20FN3O3. The van der Waals surface area contributed by atoms with Gasteiger partial charge >= 0.3 is 0 Å². The van der Waals surface area contributed by atoms with Gasteiger partial charge in [0.05, 0.1) is 18.9 Å². The first-order valence-corrected chi connectivity index (χ1v) is 7.79. The second-order valence-corrected chi connectivity index (χ2v) is 5.56. The van der Waals surface area contributed by atoms with E-state index in [4.69, 9.17) is 9.57 Å². The lowest BCUT2D eigenvalue weighted by Gasteiger charge is -2.26. The van der Waals surface area contributed by atoms with Crippen LogP contribution in [0, 0.1) is 5.82 Å². The fraction of sp³-hybridized carbons (Fsp3) is 0.500. The van der Waals surface area contributed by atoms with Crippen LogP contribution in [0.25, 0.3) is 0 Å². The summed E-state index contributed by atoms with van der Waals surface area (Å²) in [6, 6.07) is 6.35. The van der Waals surface area contributed by atoms with Gasteiger partial charge in [0, 0.05) is 38.2 Å². The molecule has 2 aliphatic rings. The minimum Gasteiger partial charge on any atom is -0.382 e. The molecule has 23 heavy (non-hydrogen) atoms. The summed E-state index contributed by atoms with van der Waals surface area (Å²) in [7, 11) is 0. The Labute approximate surface area is 134 Å². The summed E-state index contributed by atoms with van der Waals surface area (Å²) in [6.07, 6.45) is -0.404. The van der Waals surface area contributed by atoms with Gasteiger partial charge in [0.25, 0.3) is 5.91 Å². The van der Waals surface area contributed by atoms with E-state index in [2.05, 4.69) is 15.4 Å². The zero-order valence-electron chi connectivity index (χ0n) is 12.8. The van der Waals surface area contributed by atoms with E-state index in [0.717, 1.165) is 32.8 Å². The molecule has 0 unspecified atom stereocenters. The number of nitrogens with zero attached hydrogens (tertiary/aromatic N) is 2. The van der Waals surface area contributed by atoms with Gasteiger partial charge in [0.1, 0.15) is 5.82 Å². The van der Waals surface area contributed by atoms with E-state index in [0.29, 0.717) is 17.8 Å². The van der Waals surface area contributed by atoms with Gasteiger partial charge in [0.15, 0.2) is 0 Å². The van der Waals surface area contributed by atoms with Crippen LogP contribution >= 0.6 is 0 Å². The van der Waals surface area contributed by atoms with Crippen molar-refractivity contribution in [3.63, 3.8) is 0 Å². The summed E-state index contributed by atoms with van der Waals surface area (Å²) in [5, 5.41) is 6.70. The van der Waals surface area contributed by atoms with Crippen molar-refractivity contribution in [3.8, 4) is 0 Å². The van der Waals surface area contributed by atoms with Gasteiger partial charge in [-0.05, 0) is 6.07 Å². The van der Waals surface area contributed by atoms with Gasteiger partial charge in [-0.2, -0.15) is 0 Å². The van der Waals surface area contributed by atoms with Crippen molar-refractivity contribution in [2.75, 3.05) is 39.4 Å². The van der Waals surface area contributed by atoms with E-state index in [-0.39, 0.29) is 18.1 Å². The van der Waals surface area contributed by atoms with Crippen molar-refractivity contribution < 1.29 is 18.8 Å². The molecule has 0 saturated carbocycles. The third kappa shape index (κ3) is 4.05. The van der Waals surface area contributed by atoms with E-state index in [1.165, 1.54) is 6.07 Å². The number of rotatable bonds is 5. The van der Waals surface area contributed by atoms with Crippen LogP contribution in [0.15, 0.2) is 29.4 Å². The number of carbonyl (C=O) groups is 1. The topological polar surface area (TPSA) is 63.2 Å². The number of nitrogens with one attached hydrogen (secondary N) is 1. The number of hydrogen-bond acceptors (Lipinski definition) is 5. The number of hydrogen-bond donors (Lipinski definition) is 1. The number of morpholine rings is 1. The summed E-state index contributed by atoms with van der Waals surface area (Å²) < 4.78 is 19.0. The Kier molecular flexibility index (Phi) is 5.19. The molecule has 1 atom stereocenters. The SMILES string of the molecule is O=C(NCCN1CCOCC1)[C@@H]1CC(c2ccccc2F)=NO1. The van der Waals surface area contributed by atoms with Crippen LogP contribution in [0.2, 0.25) is 0 Å². The summed E-state index contributed by atoms with van der Waals surface area (Å²) >= 11 is 0. The van der Waals surface area contributed by atoms with Gasteiger partial charge in [-0.1, -0.05) is 23.4 Å². The highest BCUT2D eigenvalue weighted by atomic mass is 19.1. The van der Waals surface area contributed by atoms with Crippen molar-refractivity contribution in [1.82, 2.24) is 10.2 Å². The molecule has 3 rings (SSSR count). The largest absolute Gasteiger partial charge is 0.382 e. The average Bonchev–Trinajstić information content (AvgIpc) is 3.06. The first-order chi connectivity index (χ1) is 11.2. The van der Waals surface area contributed by atoms with E-state index < -0.39 is 6.10 Å². The van der Waals surface area contributed by atoms with Gasteiger partial charge < -0.3 is 14.9 Å². The van der Waals surface area contributed by atoms with Crippen LogP contribution < -0.4 is 5.32 Å². The van der Waals surface area contributed by atoms with Crippen LogP contribution in [0.1, 0.15) is 12.0 Å². The molecule has 124 valence electrons. The molecule has 1 fully saturated rings. The van der Waals surface area contributed by atoms with Crippen LogP contribution in [-0.4, -0.2) is 62.0 Å². The molecule has 1 N–H and O–H groups in total. The Morgan fingerprint density at radius 3 is 2.91 bits per heavy atom. The van der Waals surface area contributed by atoms with Crippen LogP contribution in [0.3, 0.4) is 0 Å².